The van der Waals surface area contributed by atoms with E-state index < -0.39 is 11.9 Å². The molecule has 0 saturated carbocycles. The second-order valence-electron chi connectivity index (χ2n) is 2.66. The molecule has 1 rings (SSSR count). The molecule has 2 N–H and O–H groups in total. The fraction of sp³-hybridized carbons (Fsp3) is 0.833. The van der Waals surface area contributed by atoms with E-state index in [1.165, 1.54) is 5.01 Å². The number of rotatable bonds is 2. The Morgan fingerprint density at radius 1 is 1.55 bits per heavy atom. The molecular formula is C6H11N3O2. The first kappa shape index (κ1) is 7.97. The summed E-state index contributed by atoms with van der Waals surface area (Å²) in [5.41, 5.74) is 5.05. The second-order valence-corrected chi connectivity index (χ2v) is 2.66. The number of amides is 1. The Balaban J connectivity index is 2.58. The highest BCUT2D eigenvalue weighted by atomic mass is 16.3. The van der Waals surface area contributed by atoms with Gasteiger partial charge in [-0.2, -0.15) is 0 Å². The third-order valence-corrected chi connectivity index (χ3v) is 1.91. The molecule has 5 heteroatoms. The average molecular weight is 157 g/mol. The molecule has 0 bridgehead atoms. The Hall–Kier alpha value is -1.13. The molecule has 62 valence electrons. The monoisotopic (exact) mass is 157 g/mol. The van der Waals surface area contributed by atoms with Crippen molar-refractivity contribution < 1.29 is 4.79 Å². The molecule has 0 aromatic heterocycles. The Morgan fingerprint density at radius 3 is 2.73 bits per heavy atom. The van der Waals surface area contributed by atoms with E-state index in [2.05, 4.69) is 5.29 Å². The molecule has 0 aliphatic carbocycles. The topological polar surface area (TPSA) is 75.8 Å². The fourth-order valence-corrected chi connectivity index (χ4v) is 1.30. The van der Waals surface area contributed by atoms with Gasteiger partial charge in [-0.1, -0.05) is 0 Å². The minimum absolute atomic E-state index is 0.454. The lowest BCUT2D eigenvalue weighted by molar-refractivity contribution is -0.124. The summed E-state index contributed by atoms with van der Waals surface area (Å²) in [6.45, 7) is 0.553. The molecule has 5 nitrogen and oxygen atoms in total. The smallest absolute Gasteiger partial charge is 0.241 e. The van der Waals surface area contributed by atoms with Crippen LogP contribution in [0, 0.1) is 4.91 Å². The summed E-state index contributed by atoms with van der Waals surface area (Å²) in [5.74, 6) is -0.454. The van der Waals surface area contributed by atoms with Crippen molar-refractivity contribution in [2.45, 2.75) is 25.3 Å². The van der Waals surface area contributed by atoms with Gasteiger partial charge >= 0.3 is 0 Å². The summed E-state index contributed by atoms with van der Waals surface area (Å²) in [6, 6.07) is -0.471. The van der Waals surface area contributed by atoms with Crippen LogP contribution in [0.4, 0.5) is 0 Å². The minimum Gasteiger partial charge on any atom is -0.368 e. The number of hydrogen-bond donors (Lipinski definition) is 1. The molecule has 1 unspecified atom stereocenters. The summed E-state index contributed by atoms with van der Waals surface area (Å²) < 4.78 is 0. The lowest BCUT2D eigenvalue weighted by atomic mass is 10.0. The molecule has 0 aromatic rings. The van der Waals surface area contributed by atoms with Gasteiger partial charge < -0.3 is 5.73 Å². The van der Waals surface area contributed by atoms with E-state index in [-0.39, 0.29) is 0 Å². The maximum absolute atomic E-state index is 10.7. The zero-order valence-corrected chi connectivity index (χ0v) is 6.19. The van der Waals surface area contributed by atoms with Crippen molar-refractivity contribution in [2.24, 2.45) is 11.0 Å². The third kappa shape index (κ3) is 1.66. The number of nitroso groups, excluding NO2 is 1. The van der Waals surface area contributed by atoms with Gasteiger partial charge in [-0.25, -0.2) is 5.01 Å². The predicted octanol–water partition coefficient (Wildman–Crippen LogP) is 0.00760. The third-order valence-electron chi connectivity index (χ3n) is 1.91. The van der Waals surface area contributed by atoms with Gasteiger partial charge in [0.15, 0.2) is 0 Å². The molecule has 0 spiro atoms. The Bertz CT molecular complexity index is 171. The summed E-state index contributed by atoms with van der Waals surface area (Å²) >= 11 is 0. The molecular weight excluding hydrogens is 146 g/mol. The zero-order valence-electron chi connectivity index (χ0n) is 6.19. The highest BCUT2D eigenvalue weighted by Gasteiger charge is 2.26. The van der Waals surface area contributed by atoms with E-state index in [1.54, 1.807) is 0 Å². The Kier molecular flexibility index (Phi) is 2.40. The first-order chi connectivity index (χ1) is 5.25. The number of primary amides is 1. The van der Waals surface area contributed by atoms with Crippen LogP contribution < -0.4 is 5.73 Å². The van der Waals surface area contributed by atoms with Crippen molar-refractivity contribution in [1.82, 2.24) is 5.01 Å². The van der Waals surface area contributed by atoms with E-state index in [4.69, 9.17) is 5.73 Å². The lowest BCUT2D eigenvalue weighted by Gasteiger charge is -2.27. The molecule has 1 fully saturated rings. The van der Waals surface area contributed by atoms with E-state index in [9.17, 15) is 9.70 Å². The maximum atomic E-state index is 10.7. The highest BCUT2D eigenvalue weighted by Crippen LogP contribution is 2.16. The first-order valence-corrected chi connectivity index (χ1v) is 3.65. The average Bonchev–Trinajstić information content (AvgIpc) is 2.04. The van der Waals surface area contributed by atoms with Gasteiger partial charge in [-0.05, 0) is 19.3 Å². The van der Waals surface area contributed by atoms with Crippen LogP contribution in [0.2, 0.25) is 0 Å². The van der Waals surface area contributed by atoms with Gasteiger partial charge in [-0.15, -0.1) is 4.91 Å². The van der Waals surface area contributed by atoms with E-state index in [0.29, 0.717) is 13.0 Å². The maximum Gasteiger partial charge on any atom is 0.241 e. The van der Waals surface area contributed by atoms with Crippen LogP contribution in [0.25, 0.3) is 0 Å². The Morgan fingerprint density at radius 2 is 2.27 bits per heavy atom. The van der Waals surface area contributed by atoms with E-state index >= 15 is 0 Å². The summed E-state index contributed by atoms with van der Waals surface area (Å²) in [5, 5.41) is 3.96. The van der Waals surface area contributed by atoms with Gasteiger partial charge in [0, 0.05) is 6.54 Å². The SMILES string of the molecule is NC(=O)C1CCCCN1N=O. The van der Waals surface area contributed by atoms with Crippen molar-refractivity contribution in [1.29, 1.82) is 0 Å². The lowest BCUT2D eigenvalue weighted by Crippen LogP contribution is -2.44. The van der Waals surface area contributed by atoms with Gasteiger partial charge in [0.25, 0.3) is 0 Å². The van der Waals surface area contributed by atoms with E-state index in [0.717, 1.165) is 12.8 Å². The largest absolute Gasteiger partial charge is 0.368 e. The summed E-state index contributed by atoms with van der Waals surface area (Å²) in [7, 11) is 0. The van der Waals surface area contributed by atoms with Crippen molar-refractivity contribution in [3.8, 4) is 0 Å². The van der Waals surface area contributed by atoms with Crippen LogP contribution >= 0.6 is 0 Å². The molecule has 1 amide bonds. The van der Waals surface area contributed by atoms with Crippen molar-refractivity contribution in [2.75, 3.05) is 6.54 Å². The molecule has 1 atom stereocenters. The molecule has 1 saturated heterocycles. The van der Waals surface area contributed by atoms with Crippen molar-refractivity contribution >= 4 is 5.91 Å². The standard InChI is InChI=1S/C6H11N3O2/c7-6(10)5-3-1-2-4-9(5)8-11/h5H,1-4H2,(H2,7,10). The summed E-state index contributed by atoms with van der Waals surface area (Å²) in [4.78, 5) is 20.8. The predicted molar refractivity (Wildman–Crippen MR) is 39.3 cm³/mol. The van der Waals surface area contributed by atoms with Crippen molar-refractivity contribution in [3.63, 3.8) is 0 Å². The number of carbonyl (C=O) groups is 1. The number of piperidine rings is 1. The van der Waals surface area contributed by atoms with Crippen molar-refractivity contribution in [3.05, 3.63) is 4.91 Å². The number of nitrogens with zero attached hydrogens (tertiary/aromatic N) is 2. The van der Waals surface area contributed by atoms with Crippen LogP contribution in [-0.2, 0) is 4.79 Å². The fourth-order valence-electron chi connectivity index (χ4n) is 1.30. The first-order valence-electron chi connectivity index (χ1n) is 3.65. The number of hydrogen-bond acceptors (Lipinski definition) is 3. The van der Waals surface area contributed by atoms with E-state index in [1.807, 2.05) is 0 Å². The minimum atomic E-state index is -0.471. The second kappa shape index (κ2) is 3.32. The quantitative estimate of drug-likeness (QED) is 0.573. The molecule has 11 heavy (non-hydrogen) atoms. The molecule has 0 aromatic carbocycles. The van der Waals surface area contributed by atoms with Crippen LogP contribution in [0.1, 0.15) is 19.3 Å². The van der Waals surface area contributed by atoms with Crippen LogP contribution in [0.3, 0.4) is 0 Å². The molecule has 0 radical (unpaired) electrons. The number of nitrogens with two attached hydrogens (primary N) is 1. The normalized spacial score (nSPS) is 24.7. The molecule has 1 heterocycles. The van der Waals surface area contributed by atoms with Gasteiger partial charge in [0.05, 0.1) is 5.29 Å². The van der Waals surface area contributed by atoms with Gasteiger partial charge in [0.1, 0.15) is 6.04 Å². The number of carbonyl (C=O) groups excluding carboxylic acids is 1. The zero-order chi connectivity index (χ0) is 8.27. The van der Waals surface area contributed by atoms with Gasteiger partial charge in [0.2, 0.25) is 5.91 Å². The molecule has 1 aliphatic rings. The van der Waals surface area contributed by atoms with Crippen LogP contribution in [-0.4, -0.2) is 23.5 Å². The highest BCUT2D eigenvalue weighted by molar-refractivity contribution is 5.79. The Labute approximate surface area is 64.5 Å². The summed E-state index contributed by atoms with van der Waals surface area (Å²) in [6.07, 6.45) is 2.51. The van der Waals surface area contributed by atoms with Crippen LogP contribution in [0.15, 0.2) is 5.29 Å². The van der Waals surface area contributed by atoms with Gasteiger partial charge in [-0.3, -0.25) is 4.79 Å². The van der Waals surface area contributed by atoms with Crippen LogP contribution in [0.5, 0.6) is 0 Å². The molecule has 1 aliphatic heterocycles.